The Morgan fingerprint density at radius 2 is 1.86 bits per heavy atom. The highest BCUT2D eigenvalue weighted by Crippen LogP contribution is 2.32. The molecule has 2 aromatic heterocycles. The predicted octanol–water partition coefficient (Wildman–Crippen LogP) is 3.77. The van der Waals surface area contributed by atoms with Crippen molar-refractivity contribution in [3.63, 3.8) is 0 Å². The quantitative estimate of drug-likeness (QED) is 0.518. The topological polar surface area (TPSA) is 90.1 Å². The van der Waals surface area contributed by atoms with Gasteiger partial charge in [0.15, 0.2) is 6.61 Å². The number of hydrogen-bond donors (Lipinski definition) is 1. The molecule has 1 amide bonds. The molecular formula is C20H14ClFN4O3. The minimum Gasteiger partial charge on any atom is -0.467 e. The van der Waals surface area contributed by atoms with Crippen molar-refractivity contribution < 1.29 is 18.4 Å². The van der Waals surface area contributed by atoms with Gasteiger partial charge < -0.3 is 14.6 Å². The van der Waals surface area contributed by atoms with E-state index in [4.69, 9.17) is 20.9 Å². The van der Waals surface area contributed by atoms with Gasteiger partial charge in [-0.25, -0.2) is 9.37 Å². The van der Waals surface area contributed by atoms with Gasteiger partial charge in [-0.15, -0.1) is 0 Å². The molecule has 0 spiro atoms. The monoisotopic (exact) mass is 412 g/mol. The molecule has 4 aromatic rings. The van der Waals surface area contributed by atoms with E-state index in [-0.39, 0.29) is 29.9 Å². The molecule has 0 radical (unpaired) electrons. The van der Waals surface area contributed by atoms with Gasteiger partial charge >= 0.3 is 0 Å². The van der Waals surface area contributed by atoms with Gasteiger partial charge in [0, 0.05) is 17.1 Å². The van der Waals surface area contributed by atoms with Crippen molar-refractivity contribution in [2.75, 3.05) is 6.61 Å². The second-order valence-electron chi connectivity index (χ2n) is 6.09. The molecule has 0 saturated carbocycles. The standard InChI is InChI=1S/C20H14ClFN4O3/c21-14-5-1-12(2-6-14)9-23-16(27)10-28-19-17-18(13-3-7-15(22)8-4-13)26-29-20(17)25-11-24-19/h1-8,11H,9-10H2,(H,23,27). The third-order valence-corrected chi connectivity index (χ3v) is 4.35. The zero-order valence-corrected chi connectivity index (χ0v) is 15.7. The maximum absolute atomic E-state index is 13.2. The lowest BCUT2D eigenvalue weighted by Gasteiger charge is -2.08. The first-order valence-corrected chi connectivity index (χ1v) is 8.98. The molecule has 0 fully saturated rings. The van der Waals surface area contributed by atoms with E-state index in [1.807, 2.05) is 12.1 Å². The molecule has 7 nitrogen and oxygen atoms in total. The van der Waals surface area contributed by atoms with E-state index < -0.39 is 0 Å². The van der Waals surface area contributed by atoms with E-state index in [0.29, 0.717) is 28.2 Å². The summed E-state index contributed by atoms with van der Waals surface area (Å²) in [7, 11) is 0. The van der Waals surface area contributed by atoms with Gasteiger partial charge in [-0.05, 0) is 42.0 Å². The van der Waals surface area contributed by atoms with Crippen LogP contribution in [0.15, 0.2) is 59.4 Å². The molecule has 0 unspecified atom stereocenters. The van der Waals surface area contributed by atoms with E-state index in [1.165, 1.54) is 18.5 Å². The van der Waals surface area contributed by atoms with Crippen molar-refractivity contribution in [1.82, 2.24) is 20.4 Å². The first-order chi connectivity index (χ1) is 14.1. The number of halogens is 2. The first-order valence-electron chi connectivity index (χ1n) is 8.60. The van der Waals surface area contributed by atoms with Crippen LogP contribution in [0.25, 0.3) is 22.4 Å². The van der Waals surface area contributed by atoms with E-state index in [9.17, 15) is 9.18 Å². The summed E-state index contributed by atoms with van der Waals surface area (Å²) in [4.78, 5) is 20.2. The average Bonchev–Trinajstić information content (AvgIpc) is 3.17. The highest BCUT2D eigenvalue weighted by Gasteiger charge is 2.18. The van der Waals surface area contributed by atoms with Gasteiger partial charge in [0.2, 0.25) is 5.88 Å². The number of benzene rings is 2. The van der Waals surface area contributed by atoms with Crippen molar-refractivity contribution in [2.45, 2.75) is 6.54 Å². The number of nitrogens with one attached hydrogen (secondary N) is 1. The van der Waals surface area contributed by atoms with Gasteiger partial charge in [-0.1, -0.05) is 28.9 Å². The zero-order valence-electron chi connectivity index (χ0n) is 14.9. The van der Waals surface area contributed by atoms with Crippen LogP contribution < -0.4 is 10.1 Å². The second kappa shape index (κ2) is 8.24. The van der Waals surface area contributed by atoms with E-state index in [1.54, 1.807) is 24.3 Å². The maximum Gasteiger partial charge on any atom is 0.265 e. The lowest BCUT2D eigenvalue weighted by atomic mass is 10.1. The molecule has 1 N–H and O–H groups in total. The minimum atomic E-state index is -0.369. The van der Waals surface area contributed by atoms with Crippen molar-refractivity contribution in [3.8, 4) is 17.1 Å². The maximum atomic E-state index is 13.2. The van der Waals surface area contributed by atoms with Gasteiger partial charge in [0.05, 0.1) is 0 Å². The Bertz CT molecular complexity index is 1150. The van der Waals surface area contributed by atoms with Crippen LogP contribution in [-0.4, -0.2) is 27.6 Å². The van der Waals surface area contributed by atoms with Crippen molar-refractivity contribution in [1.29, 1.82) is 0 Å². The van der Waals surface area contributed by atoms with Crippen molar-refractivity contribution in [2.24, 2.45) is 0 Å². The Kier molecular flexibility index (Phi) is 5.35. The average molecular weight is 413 g/mol. The smallest absolute Gasteiger partial charge is 0.265 e. The minimum absolute atomic E-state index is 0.150. The lowest BCUT2D eigenvalue weighted by molar-refractivity contribution is -0.123. The van der Waals surface area contributed by atoms with Crippen LogP contribution in [0.2, 0.25) is 5.02 Å². The molecule has 146 valence electrons. The predicted molar refractivity (Wildman–Crippen MR) is 104 cm³/mol. The summed E-state index contributed by atoms with van der Waals surface area (Å²) in [5, 5.41) is 7.76. The lowest BCUT2D eigenvalue weighted by Crippen LogP contribution is -2.28. The fourth-order valence-corrected chi connectivity index (χ4v) is 2.79. The van der Waals surface area contributed by atoms with Crippen LogP contribution in [0.4, 0.5) is 4.39 Å². The van der Waals surface area contributed by atoms with E-state index in [0.717, 1.165) is 5.56 Å². The van der Waals surface area contributed by atoms with Crippen LogP contribution in [0.5, 0.6) is 5.88 Å². The highest BCUT2D eigenvalue weighted by atomic mass is 35.5. The number of hydrogen-bond acceptors (Lipinski definition) is 6. The molecule has 0 aliphatic heterocycles. The molecule has 0 atom stereocenters. The molecule has 9 heteroatoms. The number of aromatic nitrogens is 3. The Morgan fingerprint density at radius 1 is 1.10 bits per heavy atom. The molecule has 0 saturated heterocycles. The fourth-order valence-electron chi connectivity index (χ4n) is 2.66. The summed E-state index contributed by atoms with van der Waals surface area (Å²) in [5.74, 6) is -0.546. The number of nitrogens with zero attached hydrogens (tertiary/aromatic N) is 3. The Balaban J connectivity index is 1.47. The Morgan fingerprint density at radius 3 is 2.62 bits per heavy atom. The summed E-state index contributed by atoms with van der Waals surface area (Å²) >= 11 is 5.84. The van der Waals surface area contributed by atoms with Crippen LogP contribution in [0.3, 0.4) is 0 Å². The second-order valence-corrected chi connectivity index (χ2v) is 6.53. The zero-order chi connectivity index (χ0) is 20.2. The van der Waals surface area contributed by atoms with Crippen molar-refractivity contribution in [3.05, 3.63) is 71.3 Å². The van der Waals surface area contributed by atoms with Crippen molar-refractivity contribution >= 4 is 28.6 Å². The number of rotatable bonds is 6. The highest BCUT2D eigenvalue weighted by molar-refractivity contribution is 6.30. The number of fused-ring (bicyclic) bond motifs is 1. The summed E-state index contributed by atoms with van der Waals surface area (Å²) in [6, 6.07) is 12.9. The number of ether oxygens (including phenoxy) is 1. The largest absolute Gasteiger partial charge is 0.467 e. The van der Waals surface area contributed by atoms with Gasteiger partial charge in [-0.2, -0.15) is 4.98 Å². The third-order valence-electron chi connectivity index (χ3n) is 4.10. The van der Waals surface area contributed by atoms with Gasteiger partial charge in [-0.3, -0.25) is 4.79 Å². The molecule has 0 bridgehead atoms. The Hall–Kier alpha value is -3.52. The Labute approximate surface area is 169 Å². The van der Waals surface area contributed by atoms with Gasteiger partial charge in [0.25, 0.3) is 11.6 Å². The molecular weight excluding hydrogens is 399 g/mol. The number of carbonyl (C=O) groups is 1. The summed E-state index contributed by atoms with van der Waals surface area (Å²) in [6.45, 7) is 0.0837. The molecule has 2 heterocycles. The SMILES string of the molecule is O=C(COc1ncnc2onc(-c3ccc(F)cc3)c12)NCc1ccc(Cl)cc1. The van der Waals surface area contributed by atoms with Gasteiger partial charge in [0.1, 0.15) is 23.2 Å². The number of carbonyl (C=O) groups excluding carboxylic acids is 1. The molecule has 2 aromatic carbocycles. The van der Waals surface area contributed by atoms with Crippen LogP contribution in [0.1, 0.15) is 5.56 Å². The first kappa shape index (κ1) is 18.8. The molecule has 0 aliphatic rings. The molecule has 4 rings (SSSR count). The van der Waals surface area contributed by atoms with Crippen LogP contribution in [-0.2, 0) is 11.3 Å². The van der Waals surface area contributed by atoms with E-state index in [2.05, 4.69) is 20.4 Å². The number of amides is 1. The molecule has 29 heavy (non-hydrogen) atoms. The fraction of sp³-hybridized carbons (Fsp3) is 0.100. The normalized spacial score (nSPS) is 10.8. The van der Waals surface area contributed by atoms with Crippen LogP contribution >= 0.6 is 11.6 Å². The molecule has 0 aliphatic carbocycles. The summed E-state index contributed by atoms with van der Waals surface area (Å²) in [6.07, 6.45) is 1.25. The summed E-state index contributed by atoms with van der Waals surface area (Å²) in [5.41, 5.74) is 2.12. The third kappa shape index (κ3) is 4.33. The van der Waals surface area contributed by atoms with Crippen LogP contribution in [0, 0.1) is 5.82 Å². The van der Waals surface area contributed by atoms with E-state index >= 15 is 0 Å². The summed E-state index contributed by atoms with van der Waals surface area (Å²) < 4.78 is 24.0.